The van der Waals surface area contributed by atoms with Crippen molar-refractivity contribution in [1.29, 1.82) is 0 Å². The van der Waals surface area contributed by atoms with Gasteiger partial charge >= 0.3 is 0 Å². The van der Waals surface area contributed by atoms with E-state index < -0.39 is 23.4 Å². The lowest BCUT2D eigenvalue weighted by atomic mass is 9.64. The van der Waals surface area contributed by atoms with Gasteiger partial charge in [-0.1, -0.05) is 66.2 Å². The number of allylic oxidation sites excluding steroid dienone is 1. The number of carbonyl (C=O) groups is 3. The van der Waals surface area contributed by atoms with Crippen LogP contribution in [0.1, 0.15) is 38.8 Å². The number of amides is 1. The number of anilines is 2. The first-order chi connectivity index (χ1) is 20.4. The van der Waals surface area contributed by atoms with Crippen LogP contribution >= 0.6 is 11.6 Å². The number of benzene rings is 4. The van der Waals surface area contributed by atoms with Gasteiger partial charge in [0.1, 0.15) is 17.2 Å². The van der Waals surface area contributed by atoms with Crippen molar-refractivity contribution in [1.82, 2.24) is 0 Å². The van der Waals surface area contributed by atoms with E-state index in [1.165, 1.54) is 0 Å². The van der Waals surface area contributed by atoms with Gasteiger partial charge < -0.3 is 15.0 Å². The summed E-state index contributed by atoms with van der Waals surface area (Å²) in [6.07, 6.45) is 2.05. The zero-order chi connectivity index (χ0) is 29.2. The molecule has 4 aromatic carbocycles. The van der Waals surface area contributed by atoms with Crippen LogP contribution in [0.15, 0.2) is 103 Å². The number of fused-ring (bicyclic) bond motifs is 6. The molecule has 0 saturated carbocycles. The number of hydrogen-bond acceptors (Lipinski definition) is 5. The molecule has 1 fully saturated rings. The Balaban J connectivity index is 1.55. The predicted molar refractivity (Wildman–Crippen MR) is 163 cm³/mol. The Morgan fingerprint density at radius 2 is 1.62 bits per heavy atom. The largest absolute Gasteiger partial charge is 0.497 e. The summed E-state index contributed by atoms with van der Waals surface area (Å²) in [6, 6.07) is 27.3. The summed E-state index contributed by atoms with van der Waals surface area (Å²) in [5, 5.41) is 3.56. The summed E-state index contributed by atoms with van der Waals surface area (Å²) in [6.45, 7) is 2.01. The predicted octanol–water partition coefficient (Wildman–Crippen LogP) is 6.59. The minimum atomic E-state index is -1.37. The molecule has 0 unspecified atom stereocenters. The molecule has 4 aromatic rings. The van der Waals surface area contributed by atoms with Crippen molar-refractivity contribution in [2.75, 3.05) is 17.3 Å². The van der Waals surface area contributed by atoms with Crippen LogP contribution in [0.4, 0.5) is 11.4 Å². The number of carbonyl (C=O) groups excluding carboxylic acids is 3. The fraction of sp³-hybridized carbons (Fsp3) is 0.171. The molecule has 1 spiro atoms. The number of para-hydroxylation sites is 2. The van der Waals surface area contributed by atoms with E-state index in [-0.39, 0.29) is 17.5 Å². The second-order valence-electron chi connectivity index (χ2n) is 11.0. The van der Waals surface area contributed by atoms with Crippen molar-refractivity contribution in [2.45, 2.75) is 24.4 Å². The number of halogens is 1. The smallest absolute Gasteiger partial charge is 0.238 e. The SMILES string of the molecule is COc1cccc(C(=O)[C@H]2[C@@H](C(=O)c3ccc(Cl)cc3)[C@]3(C(=O)Nc4ccccc43)[C@@H]3C=C(C)c4ccccc4N32)c1. The zero-order valence-corrected chi connectivity index (χ0v) is 23.8. The van der Waals surface area contributed by atoms with Crippen LogP contribution in [0, 0.1) is 5.92 Å². The average Bonchev–Trinajstić information content (AvgIpc) is 3.49. The first-order valence-corrected chi connectivity index (χ1v) is 14.2. The molecule has 0 aromatic heterocycles. The molecule has 1 saturated heterocycles. The lowest BCUT2D eigenvalue weighted by Crippen LogP contribution is -2.51. The number of nitrogens with zero attached hydrogens (tertiary/aromatic N) is 1. The van der Waals surface area contributed by atoms with E-state index in [4.69, 9.17) is 16.3 Å². The second-order valence-corrected chi connectivity index (χ2v) is 11.4. The summed E-state index contributed by atoms with van der Waals surface area (Å²) < 4.78 is 5.44. The molecule has 1 N–H and O–H groups in total. The van der Waals surface area contributed by atoms with Crippen molar-refractivity contribution in [2.24, 2.45) is 5.92 Å². The van der Waals surface area contributed by atoms with Crippen LogP contribution in [-0.4, -0.2) is 36.7 Å². The van der Waals surface area contributed by atoms with Crippen LogP contribution < -0.4 is 15.0 Å². The highest BCUT2D eigenvalue weighted by atomic mass is 35.5. The number of rotatable bonds is 5. The van der Waals surface area contributed by atoms with Gasteiger partial charge in [-0.3, -0.25) is 14.4 Å². The van der Waals surface area contributed by atoms with Crippen molar-refractivity contribution in [3.63, 3.8) is 0 Å². The molecule has 3 aliphatic rings. The Bertz CT molecular complexity index is 1810. The molecule has 7 rings (SSSR count). The first-order valence-electron chi connectivity index (χ1n) is 13.8. The van der Waals surface area contributed by atoms with E-state index in [0.29, 0.717) is 33.1 Å². The molecule has 0 radical (unpaired) electrons. The molecule has 7 heteroatoms. The summed E-state index contributed by atoms with van der Waals surface area (Å²) in [5.41, 5.74) is 3.53. The van der Waals surface area contributed by atoms with Crippen LogP contribution in [0.5, 0.6) is 5.75 Å². The highest BCUT2D eigenvalue weighted by Gasteiger charge is 2.70. The standard InChI is InChI=1S/C35H27ClN2O4/c1-20-18-29-35(26-11-4-5-12-27(26)37-34(35)41)30(32(39)21-14-16-23(36)17-15-21)31(38(29)28-13-6-3-10-25(20)28)33(40)22-8-7-9-24(19-22)42-2/h3-19,29-31H,1-2H3,(H,37,41)/t29-,30-,31+,35+/m0/s1. The number of ether oxygens (including phenoxy) is 1. The van der Waals surface area contributed by atoms with Crippen molar-refractivity contribution < 1.29 is 19.1 Å². The molecule has 42 heavy (non-hydrogen) atoms. The van der Waals surface area contributed by atoms with E-state index >= 15 is 0 Å². The maximum atomic E-state index is 14.8. The lowest BCUT2D eigenvalue weighted by Gasteiger charge is -2.39. The van der Waals surface area contributed by atoms with Crippen molar-refractivity contribution in [3.05, 3.63) is 130 Å². The molecule has 208 valence electrons. The highest BCUT2D eigenvalue weighted by molar-refractivity contribution is 6.30. The fourth-order valence-electron chi connectivity index (χ4n) is 7.13. The number of hydrogen-bond donors (Lipinski definition) is 1. The monoisotopic (exact) mass is 574 g/mol. The Morgan fingerprint density at radius 1 is 0.881 bits per heavy atom. The van der Waals surface area contributed by atoms with E-state index in [2.05, 4.69) is 5.32 Å². The molecule has 4 atom stereocenters. The maximum Gasteiger partial charge on any atom is 0.238 e. The highest BCUT2D eigenvalue weighted by Crippen LogP contribution is 2.58. The number of ketones is 2. The van der Waals surface area contributed by atoms with Gasteiger partial charge in [-0.2, -0.15) is 0 Å². The lowest BCUT2D eigenvalue weighted by molar-refractivity contribution is -0.121. The normalized spacial score (nSPS) is 23.5. The van der Waals surface area contributed by atoms with Crippen LogP contribution in [0.2, 0.25) is 5.02 Å². The van der Waals surface area contributed by atoms with Gasteiger partial charge in [0.05, 0.1) is 19.1 Å². The molecule has 1 amide bonds. The first kappa shape index (κ1) is 26.2. The number of nitrogens with one attached hydrogen (secondary N) is 1. The van der Waals surface area contributed by atoms with E-state index in [1.54, 1.807) is 55.6 Å². The quantitative estimate of drug-likeness (QED) is 0.272. The van der Waals surface area contributed by atoms with E-state index in [0.717, 1.165) is 16.8 Å². The summed E-state index contributed by atoms with van der Waals surface area (Å²) in [7, 11) is 1.55. The molecule has 0 aliphatic carbocycles. The second kappa shape index (κ2) is 9.71. The van der Waals surface area contributed by atoms with Gasteiger partial charge in [-0.05, 0) is 66.6 Å². The summed E-state index contributed by atoms with van der Waals surface area (Å²) in [4.78, 5) is 46.1. The summed E-state index contributed by atoms with van der Waals surface area (Å²) >= 11 is 6.19. The van der Waals surface area contributed by atoms with Gasteiger partial charge in [-0.25, -0.2) is 0 Å². The summed E-state index contributed by atoms with van der Waals surface area (Å²) in [5.74, 6) is -1.37. The molecular formula is C35H27ClN2O4. The minimum Gasteiger partial charge on any atom is -0.497 e. The molecular weight excluding hydrogens is 548 g/mol. The van der Waals surface area contributed by atoms with E-state index in [9.17, 15) is 14.4 Å². The van der Waals surface area contributed by atoms with Crippen molar-refractivity contribution >= 4 is 46.0 Å². The third-order valence-corrected chi connectivity index (χ3v) is 9.17. The van der Waals surface area contributed by atoms with Crippen molar-refractivity contribution in [3.8, 4) is 5.75 Å². The number of methoxy groups -OCH3 is 1. The molecule has 3 heterocycles. The van der Waals surface area contributed by atoms with Crippen LogP contribution in [-0.2, 0) is 10.2 Å². The Kier molecular flexibility index (Phi) is 6.06. The van der Waals surface area contributed by atoms with Gasteiger partial charge in [0, 0.05) is 33.1 Å². The maximum absolute atomic E-state index is 14.8. The van der Waals surface area contributed by atoms with Gasteiger partial charge in [0.25, 0.3) is 0 Å². The minimum absolute atomic E-state index is 0.261. The Hall–Kier alpha value is -4.68. The van der Waals surface area contributed by atoms with Crippen LogP contribution in [0.25, 0.3) is 5.57 Å². The van der Waals surface area contributed by atoms with E-state index in [1.807, 2.05) is 66.4 Å². The van der Waals surface area contributed by atoms with Gasteiger partial charge in [-0.15, -0.1) is 0 Å². The molecule has 0 bridgehead atoms. The fourth-order valence-corrected chi connectivity index (χ4v) is 7.25. The Morgan fingerprint density at radius 3 is 2.40 bits per heavy atom. The van der Waals surface area contributed by atoms with Crippen LogP contribution in [0.3, 0.4) is 0 Å². The third kappa shape index (κ3) is 3.61. The average molecular weight is 575 g/mol. The Labute approximate surface area is 248 Å². The number of Topliss-reactive ketones (excluding diaryl/α,β-unsaturated/α-hetero) is 2. The molecule has 3 aliphatic heterocycles. The molecule has 6 nitrogen and oxygen atoms in total. The third-order valence-electron chi connectivity index (χ3n) is 8.92. The van der Waals surface area contributed by atoms with Gasteiger partial charge in [0.15, 0.2) is 11.6 Å². The zero-order valence-electron chi connectivity index (χ0n) is 23.0. The van der Waals surface area contributed by atoms with Gasteiger partial charge in [0.2, 0.25) is 5.91 Å². The topological polar surface area (TPSA) is 75.7 Å².